The summed E-state index contributed by atoms with van der Waals surface area (Å²) in [5.74, 6) is -0.139. The zero-order valence-electron chi connectivity index (χ0n) is 13.0. The minimum atomic E-state index is -0.966. The molecule has 120 valence electrons. The Bertz CT molecular complexity index is 537. The van der Waals surface area contributed by atoms with E-state index >= 15 is 0 Å². The number of hydrogen-bond donors (Lipinski definition) is 2. The maximum Gasteiger partial charge on any atom is 0.326 e. The van der Waals surface area contributed by atoms with Gasteiger partial charge in [0.1, 0.15) is 11.8 Å². The second-order valence-electron chi connectivity index (χ2n) is 6.09. The van der Waals surface area contributed by atoms with Gasteiger partial charge in [0.05, 0.1) is 12.5 Å². The molecule has 1 aliphatic carbocycles. The van der Waals surface area contributed by atoms with E-state index in [1.54, 1.807) is 0 Å². The average Bonchev–Trinajstić information content (AvgIpc) is 3.23. The van der Waals surface area contributed by atoms with Crippen molar-refractivity contribution in [2.24, 2.45) is 5.92 Å². The first-order valence-electron chi connectivity index (χ1n) is 7.72. The number of aliphatic carboxylic acids is 1. The van der Waals surface area contributed by atoms with E-state index in [9.17, 15) is 14.7 Å². The number of amides is 1. The van der Waals surface area contributed by atoms with E-state index in [-0.39, 0.29) is 18.4 Å². The van der Waals surface area contributed by atoms with Crippen molar-refractivity contribution >= 4 is 11.9 Å². The minimum absolute atomic E-state index is 0.0193. The van der Waals surface area contributed by atoms with Crippen LogP contribution >= 0.6 is 0 Å². The number of rotatable bonds is 8. The summed E-state index contributed by atoms with van der Waals surface area (Å²) >= 11 is 0. The Hall–Kier alpha value is -2.04. The van der Waals surface area contributed by atoms with E-state index < -0.39 is 12.0 Å². The molecule has 22 heavy (non-hydrogen) atoms. The van der Waals surface area contributed by atoms with Gasteiger partial charge in [-0.2, -0.15) is 0 Å². The molecule has 1 aromatic carbocycles. The van der Waals surface area contributed by atoms with E-state index in [0.29, 0.717) is 18.1 Å². The van der Waals surface area contributed by atoms with Crippen molar-refractivity contribution in [1.29, 1.82) is 0 Å². The number of nitrogens with one attached hydrogen (secondary N) is 1. The predicted octanol–water partition coefficient (Wildman–Crippen LogP) is 2.39. The molecule has 2 N–H and O–H groups in total. The fourth-order valence-corrected chi connectivity index (χ4v) is 2.35. The molecule has 0 saturated heterocycles. The quantitative estimate of drug-likeness (QED) is 0.773. The first-order chi connectivity index (χ1) is 10.5. The summed E-state index contributed by atoms with van der Waals surface area (Å²) in [5, 5.41) is 11.8. The Morgan fingerprint density at radius 2 is 2.00 bits per heavy atom. The minimum Gasteiger partial charge on any atom is -0.491 e. The molecule has 0 heterocycles. The van der Waals surface area contributed by atoms with Gasteiger partial charge in [0.15, 0.2) is 0 Å². The normalized spacial score (nSPS) is 15.4. The van der Waals surface area contributed by atoms with Crippen molar-refractivity contribution in [3.05, 3.63) is 29.8 Å². The van der Waals surface area contributed by atoms with Crippen molar-refractivity contribution in [3.63, 3.8) is 0 Å². The monoisotopic (exact) mass is 305 g/mol. The zero-order valence-corrected chi connectivity index (χ0v) is 13.0. The third-order valence-corrected chi connectivity index (χ3v) is 3.59. The number of para-hydroxylation sites is 1. The van der Waals surface area contributed by atoms with Crippen LogP contribution in [0.15, 0.2) is 24.3 Å². The van der Waals surface area contributed by atoms with Crippen LogP contribution in [-0.4, -0.2) is 29.1 Å². The molecule has 1 atom stereocenters. The van der Waals surface area contributed by atoms with Crippen LogP contribution in [0.4, 0.5) is 0 Å². The van der Waals surface area contributed by atoms with Gasteiger partial charge >= 0.3 is 5.97 Å². The fourth-order valence-electron chi connectivity index (χ4n) is 2.35. The molecule has 5 nitrogen and oxygen atoms in total. The Labute approximate surface area is 130 Å². The van der Waals surface area contributed by atoms with Crippen molar-refractivity contribution in [1.82, 2.24) is 5.32 Å². The largest absolute Gasteiger partial charge is 0.491 e. The second-order valence-corrected chi connectivity index (χ2v) is 6.09. The fraction of sp³-hybridized carbons (Fsp3) is 0.529. The molecule has 1 unspecified atom stereocenters. The van der Waals surface area contributed by atoms with E-state index in [4.69, 9.17) is 4.74 Å². The Balaban J connectivity index is 1.97. The summed E-state index contributed by atoms with van der Waals surface area (Å²) in [4.78, 5) is 23.4. The van der Waals surface area contributed by atoms with Crippen molar-refractivity contribution in [2.75, 3.05) is 0 Å². The summed E-state index contributed by atoms with van der Waals surface area (Å²) in [7, 11) is 0. The molecule has 1 aromatic rings. The van der Waals surface area contributed by atoms with Gasteiger partial charge in [-0.1, -0.05) is 31.0 Å². The van der Waals surface area contributed by atoms with Gasteiger partial charge in [0.25, 0.3) is 0 Å². The smallest absolute Gasteiger partial charge is 0.326 e. The summed E-state index contributed by atoms with van der Waals surface area (Å²) < 4.78 is 5.68. The Morgan fingerprint density at radius 1 is 1.32 bits per heavy atom. The van der Waals surface area contributed by atoms with Crippen LogP contribution in [-0.2, 0) is 16.0 Å². The molecular formula is C17H23NO4. The zero-order chi connectivity index (χ0) is 16.1. The van der Waals surface area contributed by atoms with Crippen LogP contribution < -0.4 is 10.1 Å². The third-order valence-electron chi connectivity index (χ3n) is 3.59. The summed E-state index contributed by atoms with van der Waals surface area (Å²) in [5.41, 5.74) is 0.768. The van der Waals surface area contributed by atoms with Gasteiger partial charge in [-0.25, -0.2) is 4.79 Å². The van der Waals surface area contributed by atoms with Crippen LogP contribution in [0.2, 0.25) is 0 Å². The van der Waals surface area contributed by atoms with Gasteiger partial charge in [-0.05, 0) is 32.3 Å². The Morgan fingerprint density at radius 3 is 2.59 bits per heavy atom. The first-order valence-corrected chi connectivity index (χ1v) is 7.72. The third kappa shape index (κ3) is 5.06. The number of carboxylic acid groups (broad SMARTS) is 1. The number of benzene rings is 1. The molecule has 2 rings (SSSR count). The second kappa shape index (κ2) is 7.29. The molecule has 5 heteroatoms. The molecule has 1 aliphatic rings. The predicted molar refractivity (Wildman–Crippen MR) is 82.8 cm³/mol. The SMILES string of the molecule is CC(C)Oc1ccccc1CC(=O)NC(CC1CC1)C(=O)O. The molecule has 0 radical (unpaired) electrons. The van der Waals surface area contributed by atoms with Crippen LogP contribution in [0.25, 0.3) is 0 Å². The van der Waals surface area contributed by atoms with E-state index in [1.165, 1.54) is 0 Å². The molecule has 1 fully saturated rings. The molecule has 0 spiro atoms. The standard InChI is InChI=1S/C17H23NO4/c1-11(2)22-15-6-4-3-5-13(15)10-16(19)18-14(17(20)21)9-12-7-8-12/h3-6,11-12,14H,7-10H2,1-2H3,(H,18,19)(H,20,21). The van der Waals surface area contributed by atoms with Crippen LogP contribution in [0, 0.1) is 5.92 Å². The Kier molecular flexibility index (Phi) is 5.41. The van der Waals surface area contributed by atoms with Gasteiger partial charge in [-0.3, -0.25) is 4.79 Å². The van der Waals surface area contributed by atoms with Gasteiger partial charge < -0.3 is 15.2 Å². The summed E-state index contributed by atoms with van der Waals surface area (Å²) in [6, 6.07) is 6.55. The molecule has 1 saturated carbocycles. The topological polar surface area (TPSA) is 75.6 Å². The highest BCUT2D eigenvalue weighted by atomic mass is 16.5. The van der Waals surface area contributed by atoms with Gasteiger partial charge in [-0.15, -0.1) is 0 Å². The van der Waals surface area contributed by atoms with E-state index in [1.807, 2.05) is 38.1 Å². The van der Waals surface area contributed by atoms with Gasteiger partial charge in [0, 0.05) is 5.56 Å². The highest BCUT2D eigenvalue weighted by molar-refractivity contribution is 5.85. The molecule has 1 amide bonds. The van der Waals surface area contributed by atoms with Crippen molar-refractivity contribution < 1.29 is 19.4 Å². The lowest BCUT2D eigenvalue weighted by atomic mass is 10.1. The number of carbonyl (C=O) groups is 2. The van der Waals surface area contributed by atoms with E-state index in [2.05, 4.69) is 5.32 Å². The summed E-state index contributed by atoms with van der Waals surface area (Å²) in [6.07, 6.45) is 2.78. The molecule has 0 bridgehead atoms. The lowest BCUT2D eigenvalue weighted by Crippen LogP contribution is -2.41. The van der Waals surface area contributed by atoms with Crippen molar-refractivity contribution in [3.8, 4) is 5.75 Å². The number of carbonyl (C=O) groups excluding carboxylic acids is 1. The molecule has 0 aliphatic heterocycles. The lowest BCUT2D eigenvalue weighted by molar-refractivity contribution is -0.142. The number of carboxylic acids is 1. The van der Waals surface area contributed by atoms with Gasteiger partial charge in [0.2, 0.25) is 5.91 Å². The highest BCUT2D eigenvalue weighted by Crippen LogP contribution is 2.33. The maximum atomic E-state index is 12.1. The van der Waals surface area contributed by atoms with E-state index in [0.717, 1.165) is 18.4 Å². The van der Waals surface area contributed by atoms with Crippen LogP contribution in [0.1, 0.15) is 38.7 Å². The maximum absolute atomic E-state index is 12.1. The lowest BCUT2D eigenvalue weighted by Gasteiger charge is -2.16. The number of ether oxygens (including phenoxy) is 1. The molecule has 0 aromatic heterocycles. The highest BCUT2D eigenvalue weighted by Gasteiger charge is 2.30. The molecular weight excluding hydrogens is 282 g/mol. The number of hydrogen-bond acceptors (Lipinski definition) is 3. The van der Waals surface area contributed by atoms with Crippen LogP contribution in [0.3, 0.4) is 0 Å². The summed E-state index contributed by atoms with van der Waals surface area (Å²) in [6.45, 7) is 3.85. The van der Waals surface area contributed by atoms with Crippen molar-refractivity contribution in [2.45, 2.75) is 51.7 Å². The van der Waals surface area contributed by atoms with Crippen LogP contribution in [0.5, 0.6) is 5.75 Å². The average molecular weight is 305 g/mol. The first kappa shape index (κ1) is 16.3.